The van der Waals surface area contributed by atoms with E-state index in [-0.39, 0.29) is 14.8 Å². The van der Waals surface area contributed by atoms with E-state index >= 15 is 0 Å². The fourth-order valence-electron chi connectivity index (χ4n) is 3.31. The van der Waals surface area contributed by atoms with Gasteiger partial charge in [0.2, 0.25) is 26.0 Å². The third kappa shape index (κ3) is 6.06. The molecule has 0 spiro atoms. The Morgan fingerprint density at radius 1 is 1.00 bits per heavy atom. The summed E-state index contributed by atoms with van der Waals surface area (Å²) < 4.78 is 59.6. The number of halogens is 1. The van der Waals surface area contributed by atoms with Crippen molar-refractivity contribution in [3.8, 4) is 5.75 Å². The summed E-state index contributed by atoms with van der Waals surface area (Å²) in [6, 6.07) is 8.61. The zero-order valence-corrected chi connectivity index (χ0v) is 21.4. The molecule has 1 aliphatic rings. The second-order valence-corrected chi connectivity index (χ2v) is 11.9. The second-order valence-electron chi connectivity index (χ2n) is 7.86. The van der Waals surface area contributed by atoms with Crippen LogP contribution in [0.1, 0.15) is 6.92 Å². The molecule has 0 saturated carbocycles. The third-order valence-electron chi connectivity index (χ3n) is 5.38. The highest BCUT2D eigenvalue weighted by Gasteiger charge is 2.28. The molecule has 0 radical (unpaired) electrons. The lowest BCUT2D eigenvalue weighted by atomic mass is 10.3. The maximum atomic E-state index is 12.8. The lowest BCUT2D eigenvalue weighted by Crippen LogP contribution is -2.47. The summed E-state index contributed by atoms with van der Waals surface area (Å²) in [5.74, 6) is -0.289. The van der Waals surface area contributed by atoms with Crippen LogP contribution in [-0.2, 0) is 24.8 Å². The van der Waals surface area contributed by atoms with Gasteiger partial charge in [-0.2, -0.15) is 9.03 Å². The monoisotopic (exact) mass is 530 g/mol. The van der Waals surface area contributed by atoms with E-state index in [1.54, 1.807) is 0 Å². The molecule has 186 valence electrons. The number of methoxy groups -OCH3 is 1. The maximum absolute atomic E-state index is 12.8. The molecule has 34 heavy (non-hydrogen) atoms. The number of hydrogen-bond acceptors (Lipinski definition) is 7. The molecular weight excluding hydrogens is 504 g/mol. The van der Waals surface area contributed by atoms with Crippen molar-refractivity contribution in [2.75, 3.05) is 45.7 Å². The smallest absolute Gasteiger partial charge is 0.243 e. The Morgan fingerprint density at radius 2 is 1.59 bits per heavy atom. The van der Waals surface area contributed by atoms with E-state index in [9.17, 15) is 21.6 Å². The molecule has 3 rings (SSSR count). The van der Waals surface area contributed by atoms with Crippen LogP contribution in [0, 0.1) is 0 Å². The molecule has 0 aliphatic carbocycles. The van der Waals surface area contributed by atoms with E-state index in [1.165, 1.54) is 60.8 Å². The number of nitrogens with zero attached hydrogens (tertiary/aromatic N) is 2. The molecule has 1 atom stereocenters. The Bertz CT molecular complexity index is 1240. The van der Waals surface area contributed by atoms with Gasteiger partial charge in [-0.3, -0.25) is 4.79 Å². The van der Waals surface area contributed by atoms with Gasteiger partial charge in [0, 0.05) is 31.9 Å². The van der Waals surface area contributed by atoms with E-state index in [0.717, 1.165) is 0 Å². The van der Waals surface area contributed by atoms with Crippen LogP contribution >= 0.6 is 11.6 Å². The molecule has 1 heterocycles. The fraction of sp³-hybridized carbons (Fsp3) is 0.381. The van der Waals surface area contributed by atoms with Crippen LogP contribution in [0.15, 0.2) is 52.3 Å². The predicted molar refractivity (Wildman–Crippen MR) is 129 cm³/mol. The normalized spacial score (nSPS) is 16.7. The van der Waals surface area contributed by atoms with Gasteiger partial charge in [-0.1, -0.05) is 11.6 Å². The van der Waals surface area contributed by atoms with Crippen LogP contribution in [0.25, 0.3) is 0 Å². The first kappa shape index (κ1) is 26.4. The average molecular weight is 531 g/mol. The Morgan fingerprint density at radius 3 is 2.15 bits per heavy atom. The molecule has 2 N–H and O–H groups in total. The molecule has 1 saturated heterocycles. The third-order valence-corrected chi connectivity index (χ3v) is 9.13. The fourth-order valence-corrected chi connectivity index (χ4v) is 6.28. The van der Waals surface area contributed by atoms with Crippen molar-refractivity contribution in [1.29, 1.82) is 0 Å². The van der Waals surface area contributed by atoms with E-state index in [2.05, 4.69) is 14.9 Å². The molecule has 2 aromatic rings. The first-order valence-corrected chi connectivity index (χ1v) is 13.7. The summed E-state index contributed by atoms with van der Waals surface area (Å²) in [5, 5.41) is 2.70. The summed E-state index contributed by atoms with van der Waals surface area (Å²) >= 11 is 6.00. The minimum Gasteiger partial charge on any atom is -0.495 e. The van der Waals surface area contributed by atoms with Gasteiger partial charge in [0.05, 0.1) is 28.0 Å². The number of ether oxygens (including phenoxy) is 1. The zero-order chi connectivity index (χ0) is 25.1. The number of hydrogen-bond donors (Lipinski definition) is 2. The molecule has 10 nitrogen and oxygen atoms in total. The van der Waals surface area contributed by atoms with Crippen molar-refractivity contribution in [1.82, 2.24) is 13.9 Å². The SMILES string of the molecule is COc1ccc(S(=O)(=O)NC(C)C(=O)Nc2ccc(S(=O)(=O)N3CCN(C)CC3)cc2)cc1Cl. The molecule has 1 unspecified atom stereocenters. The van der Waals surface area contributed by atoms with Gasteiger partial charge in [-0.25, -0.2) is 16.8 Å². The van der Waals surface area contributed by atoms with E-state index in [0.29, 0.717) is 37.6 Å². The van der Waals surface area contributed by atoms with Crippen molar-refractivity contribution in [3.63, 3.8) is 0 Å². The number of piperazine rings is 1. The average Bonchev–Trinajstić information content (AvgIpc) is 2.79. The van der Waals surface area contributed by atoms with Crippen LogP contribution in [-0.4, -0.2) is 78.3 Å². The van der Waals surface area contributed by atoms with Gasteiger partial charge >= 0.3 is 0 Å². The number of carbonyl (C=O) groups excluding carboxylic acids is 1. The Balaban J connectivity index is 1.64. The minimum atomic E-state index is -4.03. The van der Waals surface area contributed by atoms with Crippen molar-refractivity contribution < 1.29 is 26.4 Å². The largest absolute Gasteiger partial charge is 0.495 e. The number of likely N-dealkylation sites (N-methyl/N-ethyl adjacent to an activating group) is 1. The molecule has 13 heteroatoms. The van der Waals surface area contributed by atoms with Gasteiger partial charge < -0.3 is 15.0 Å². The number of anilines is 1. The van der Waals surface area contributed by atoms with Crippen LogP contribution in [0.4, 0.5) is 5.69 Å². The standard InChI is InChI=1S/C21H27ClN4O6S2/c1-15(24-33(28,29)18-8-9-20(32-3)19(22)14-18)21(27)23-16-4-6-17(7-5-16)34(30,31)26-12-10-25(2)11-13-26/h4-9,14-15,24H,10-13H2,1-3H3,(H,23,27). The molecular formula is C21H27ClN4O6S2. The van der Waals surface area contributed by atoms with Crippen LogP contribution in [0.3, 0.4) is 0 Å². The van der Waals surface area contributed by atoms with Crippen molar-refractivity contribution >= 4 is 43.2 Å². The van der Waals surface area contributed by atoms with Gasteiger partial charge in [-0.05, 0) is 56.4 Å². The van der Waals surface area contributed by atoms with Crippen LogP contribution in [0.5, 0.6) is 5.75 Å². The minimum absolute atomic E-state index is 0.114. The van der Waals surface area contributed by atoms with Gasteiger partial charge in [-0.15, -0.1) is 0 Å². The van der Waals surface area contributed by atoms with E-state index < -0.39 is 32.0 Å². The molecule has 1 fully saturated rings. The van der Waals surface area contributed by atoms with Crippen molar-refractivity contribution in [3.05, 3.63) is 47.5 Å². The van der Waals surface area contributed by atoms with E-state index in [4.69, 9.17) is 16.3 Å². The number of benzene rings is 2. The summed E-state index contributed by atoms with van der Waals surface area (Å²) in [6.07, 6.45) is 0. The zero-order valence-electron chi connectivity index (χ0n) is 19.0. The summed E-state index contributed by atoms with van der Waals surface area (Å²) in [7, 11) is -4.30. The van der Waals surface area contributed by atoms with E-state index in [1.807, 2.05) is 7.05 Å². The number of nitrogens with one attached hydrogen (secondary N) is 2. The number of sulfonamides is 2. The summed E-state index contributed by atoms with van der Waals surface area (Å²) in [6.45, 7) is 3.53. The number of carbonyl (C=O) groups is 1. The topological polar surface area (TPSA) is 125 Å². The first-order valence-electron chi connectivity index (χ1n) is 10.4. The van der Waals surface area contributed by atoms with Crippen LogP contribution in [0.2, 0.25) is 5.02 Å². The predicted octanol–water partition coefficient (Wildman–Crippen LogP) is 1.59. The Hall–Kier alpha value is -2.22. The number of amides is 1. The van der Waals surface area contributed by atoms with Gasteiger partial charge in [0.1, 0.15) is 5.75 Å². The second kappa shape index (κ2) is 10.6. The molecule has 1 aliphatic heterocycles. The highest BCUT2D eigenvalue weighted by Crippen LogP contribution is 2.27. The van der Waals surface area contributed by atoms with Crippen molar-refractivity contribution in [2.24, 2.45) is 0 Å². The lowest BCUT2D eigenvalue weighted by Gasteiger charge is -2.31. The van der Waals surface area contributed by atoms with Crippen molar-refractivity contribution in [2.45, 2.75) is 22.8 Å². The highest BCUT2D eigenvalue weighted by molar-refractivity contribution is 7.89. The summed E-state index contributed by atoms with van der Waals surface area (Å²) in [5.41, 5.74) is 0.334. The maximum Gasteiger partial charge on any atom is 0.243 e. The first-order chi connectivity index (χ1) is 15.9. The highest BCUT2D eigenvalue weighted by atomic mass is 35.5. The van der Waals surface area contributed by atoms with Crippen LogP contribution < -0.4 is 14.8 Å². The Labute approximate surface area is 204 Å². The van der Waals surface area contributed by atoms with Gasteiger partial charge in [0.15, 0.2) is 0 Å². The molecule has 1 amide bonds. The number of rotatable bonds is 8. The lowest BCUT2D eigenvalue weighted by molar-refractivity contribution is -0.117. The quantitative estimate of drug-likeness (QED) is 0.531. The molecule has 2 aromatic carbocycles. The molecule has 0 aromatic heterocycles. The Kier molecular flexibility index (Phi) is 8.22. The van der Waals surface area contributed by atoms with Gasteiger partial charge in [0.25, 0.3) is 0 Å². The summed E-state index contributed by atoms with van der Waals surface area (Å²) in [4.78, 5) is 14.6. The molecule has 0 bridgehead atoms.